The predicted octanol–water partition coefficient (Wildman–Crippen LogP) is 1.21. The second kappa shape index (κ2) is 6.12. The van der Waals surface area contributed by atoms with E-state index in [0.717, 1.165) is 0 Å². The minimum atomic E-state index is -0.478. The van der Waals surface area contributed by atoms with Crippen molar-refractivity contribution in [1.29, 1.82) is 0 Å². The van der Waals surface area contributed by atoms with Crippen molar-refractivity contribution in [2.24, 2.45) is 5.73 Å². The number of carbonyl (C=O) groups is 1. The van der Waals surface area contributed by atoms with Gasteiger partial charge in [-0.2, -0.15) is 5.10 Å². The summed E-state index contributed by atoms with van der Waals surface area (Å²) in [6, 6.07) is -0.478. The van der Waals surface area contributed by atoms with Crippen LogP contribution in [-0.4, -0.2) is 35.3 Å². The van der Waals surface area contributed by atoms with Gasteiger partial charge in [-0.1, -0.05) is 6.92 Å². The van der Waals surface area contributed by atoms with Crippen LogP contribution in [0.5, 0.6) is 0 Å². The molecule has 90 valence electrons. The molecule has 5 nitrogen and oxygen atoms in total. The Morgan fingerprint density at radius 2 is 2.44 bits per heavy atom. The summed E-state index contributed by atoms with van der Waals surface area (Å²) >= 11 is 3.31. The lowest BCUT2D eigenvalue weighted by Gasteiger charge is -2.10. The first-order chi connectivity index (χ1) is 7.61. The van der Waals surface area contributed by atoms with Gasteiger partial charge in [0.15, 0.2) is 5.78 Å². The molecular formula is C10H16BrN3O2. The van der Waals surface area contributed by atoms with Gasteiger partial charge in [0.05, 0.1) is 29.9 Å². The second-order valence-electron chi connectivity index (χ2n) is 3.44. The third-order valence-electron chi connectivity index (χ3n) is 2.31. The molecule has 1 rings (SSSR count). The highest BCUT2D eigenvalue weighted by molar-refractivity contribution is 9.10. The molecule has 6 heteroatoms. The first-order valence-corrected chi connectivity index (χ1v) is 5.91. The van der Waals surface area contributed by atoms with Crippen LogP contribution in [0.15, 0.2) is 10.7 Å². The number of hydrogen-bond acceptors (Lipinski definition) is 4. The van der Waals surface area contributed by atoms with Crippen molar-refractivity contribution in [3.8, 4) is 0 Å². The van der Waals surface area contributed by atoms with E-state index in [1.165, 1.54) is 0 Å². The number of methoxy groups -OCH3 is 1. The SMILES string of the molecule is CCC(N)C(=O)c1c(Br)cnn1CCOC. The maximum absolute atomic E-state index is 12.0. The molecule has 0 aliphatic heterocycles. The molecule has 0 fully saturated rings. The largest absolute Gasteiger partial charge is 0.383 e. The fraction of sp³-hybridized carbons (Fsp3) is 0.600. The average molecular weight is 290 g/mol. The second-order valence-corrected chi connectivity index (χ2v) is 4.29. The van der Waals surface area contributed by atoms with Gasteiger partial charge in [0.2, 0.25) is 0 Å². The summed E-state index contributed by atoms with van der Waals surface area (Å²) in [7, 11) is 1.61. The number of nitrogens with zero attached hydrogens (tertiary/aromatic N) is 2. The van der Waals surface area contributed by atoms with Crippen molar-refractivity contribution in [2.45, 2.75) is 25.9 Å². The molecule has 0 radical (unpaired) electrons. The van der Waals surface area contributed by atoms with Crippen LogP contribution in [0.3, 0.4) is 0 Å². The quantitative estimate of drug-likeness (QED) is 0.800. The van der Waals surface area contributed by atoms with Gasteiger partial charge in [-0.05, 0) is 22.4 Å². The number of ketones is 1. The molecule has 0 saturated heterocycles. The van der Waals surface area contributed by atoms with Crippen molar-refractivity contribution in [2.75, 3.05) is 13.7 Å². The van der Waals surface area contributed by atoms with Gasteiger partial charge in [0, 0.05) is 7.11 Å². The lowest BCUT2D eigenvalue weighted by atomic mass is 10.1. The van der Waals surface area contributed by atoms with Crippen molar-refractivity contribution in [3.05, 3.63) is 16.4 Å². The predicted molar refractivity (Wildman–Crippen MR) is 64.4 cm³/mol. The van der Waals surface area contributed by atoms with Gasteiger partial charge in [-0.15, -0.1) is 0 Å². The highest BCUT2D eigenvalue weighted by Gasteiger charge is 2.21. The number of ether oxygens (including phenoxy) is 1. The van der Waals surface area contributed by atoms with Crippen molar-refractivity contribution >= 4 is 21.7 Å². The zero-order valence-corrected chi connectivity index (χ0v) is 11.0. The molecule has 0 bridgehead atoms. The molecule has 1 atom stereocenters. The lowest BCUT2D eigenvalue weighted by Crippen LogP contribution is -2.32. The molecule has 0 saturated carbocycles. The van der Waals surface area contributed by atoms with Crippen molar-refractivity contribution in [3.63, 3.8) is 0 Å². The molecule has 0 amide bonds. The van der Waals surface area contributed by atoms with Crippen LogP contribution >= 0.6 is 15.9 Å². The molecule has 1 aromatic heterocycles. The Kier molecular flexibility index (Phi) is 5.11. The number of rotatable bonds is 6. The molecule has 1 aromatic rings. The molecule has 16 heavy (non-hydrogen) atoms. The van der Waals surface area contributed by atoms with Crippen LogP contribution in [0.1, 0.15) is 23.8 Å². The van der Waals surface area contributed by atoms with Gasteiger partial charge in [0.25, 0.3) is 0 Å². The van der Waals surface area contributed by atoms with Gasteiger partial charge in [-0.25, -0.2) is 0 Å². The van der Waals surface area contributed by atoms with Crippen LogP contribution < -0.4 is 5.73 Å². The first-order valence-electron chi connectivity index (χ1n) is 5.11. The number of Topliss-reactive ketones (excluding diaryl/α,β-unsaturated/α-hetero) is 1. The Hall–Kier alpha value is -0.720. The molecule has 2 N–H and O–H groups in total. The molecule has 0 aromatic carbocycles. The van der Waals surface area contributed by atoms with E-state index in [0.29, 0.717) is 29.7 Å². The third-order valence-corrected chi connectivity index (χ3v) is 2.89. The fourth-order valence-electron chi connectivity index (χ4n) is 1.32. The molecule has 1 heterocycles. The molecule has 0 aliphatic rings. The Labute approximate surface area is 103 Å². The molecule has 0 spiro atoms. The van der Waals surface area contributed by atoms with E-state index in [9.17, 15) is 4.79 Å². The summed E-state index contributed by atoms with van der Waals surface area (Å²) in [4.78, 5) is 12.0. The smallest absolute Gasteiger partial charge is 0.198 e. The summed E-state index contributed by atoms with van der Waals surface area (Å²) in [5.74, 6) is -0.0945. The third kappa shape index (κ3) is 2.90. The average Bonchev–Trinajstić information content (AvgIpc) is 2.65. The van der Waals surface area contributed by atoms with Crippen LogP contribution in [0.25, 0.3) is 0 Å². The maximum Gasteiger partial charge on any atom is 0.198 e. The minimum absolute atomic E-state index is 0.0945. The maximum atomic E-state index is 12.0. The van der Waals surface area contributed by atoms with E-state index in [4.69, 9.17) is 10.5 Å². The van der Waals surface area contributed by atoms with Crippen molar-refractivity contribution in [1.82, 2.24) is 9.78 Å². The highest BCUT2D eigenvalue weighted by Crippen LogP contribution is 2.18. The molecule has 0 aliphatic carbocycles. The van der Waals surface area contributed by atoms with Gasteiger partial charge in [-0.3, -0.25) is 9.48 Å². The lowest BCUT2D eigenvalue weighted by molar-refractivity contribution is 0.0944. The van der Waals surface area contributed by atoms with Gasteiger partial charge >= 0.3 is 0 Å². The zero-order valence-electron chi connectivity index (χ0n) is 9.44. The fourth-order valence-corrected chi connectivity index (χ4v) is 1.81. The van der Waals surface area contributed by atoms with Crippen LogP contribution in [-0.2, 0) is 11.3 Å². The Morgan fingerprint density at radius 1 is 1.75 bits per heavy atom. The Balaban J connectivity index is 2.92. The van der Waals surface area contributed by atoms with E-state index in [-0.39, 0.29) is 5.78 Å². The van der Waals surface area contributed by atoms with E-state index < -0.39 is 6.04 Å². The number of nitrogens with two attached hydrogens (primary N) is 1. The summed E-state index contributed by atoms with van der Waals surface area (Å²) in [6.07, 6.45) is 2.21. The minimum Gasteiger partial charge on any atom is -0.383 e. The van der Waals surface area contributed by atoms with E-state index >= 15 is 0 Å². The number of hydrogen-bond donors (Lipinski definition) is 1. The van der Waals surface area contributed by atoms with Gasteiger partial charge in [0.1, 0.15) is 5.69 Å². The summed E-state index contributed by atoms with van der Waals surface area (Å²) in [6.45, 7) is 2.93. The number of carbonyl (C=O) groups excluding carboxylic acids is 1. The molecular weight excluding hydrogens is 274 g/mol. The number of aromatic nitrogens is 2. The summed E-state index contributed by atoms with van der Waals surface area (Å²) in [5.41, 5.74) is 6.25. The van der Waals surface area contributed by atoms with Gasteiger partial charge < -0.3 is 10.5 Å². The zero-order chi connectivity index (χ0) is 12.1. The van der Waals surface area contributed by atoms with Crippen molar-refractivity contribution < 1.29 is 9.53 Å². The summed E-state index contributed by atoms with van der Waals surface area (Å²) < 4.78 is 7.25. The highest BCUT2D eigenvalue weighted by atomic mass is 79.9. The number of halogens is 1. The van der Waals surface area contributed by atoms with E-state index in [2.05, 4.69) is 21.0 Å². The summed E-state index contributed by atoms with van der Waals surface area (Å²) in [5, 5.41) is 4.10. The van der Waals surface area contributed by atoms with Crippen LogP contribution in [0.4, 0.5) is 0 Å². The standard InChI is InChI=1S/C10H16BrN3O2/c1-3-8(12)10(15)9-7(11)6-13-14(9)4-5-16-2/h6,8H,3-5,12H2,1-2H3. The van der Waals surface area contributed by atoms with Crippen LogP contribution in [0, 0.1) is 0 Å². The normalized spacial score (nSPS) is 12.8. The Morgan fingerprint density at radius 3 is 3.00 bits per heavy atom. The topological polar surface area (TPSA) is 70.1 Å². The Bertz CT molecular complexity index is 365. The monoisotopic (exact) mass is 289 g/mol. The first kappa shape index (κ1) is 13.3. The van der Waals surface area contributed by atoms with E-state index in [1.54, 1.807) is 18.0 Å². The van der Waals surface area contributed by atoms with E-state index in [1.807, 2.05) is 6.92 Å². The molecule has 1 unspecified atom stereocenters. The van der Waals surface area contributed by atoms with Crippen LogP contribution in [0.2, 0.25) is 0 Å².